The normalized spacial score (nSPS) is 11.4. The molecule has 0 aliphatic heterocycles. The Morgan fingerprint density at radius 1 is 1.33 bits per heavy atom. The maximum Gasteiger partial charge on any atom is 0.253 e. The third-order valence-electron chi connectivity index (χ3n) is 3.16. The van der Waals surface area contributed by atoms with E-state index in [0.29, 0.717) is 20.9 Å². The Labute approximate surface area is 126 Å². The highest BCUT2D eigenvalue weighted by Crippen LogP contribution is 2.23. The van der Waals surface area contributed by atoms with Gasteiger partial charge in [-0.1, -0.05) is 53.0 Å². The molecule has 5 heteroatoms. The molecule has 0 bridgehead atoms. The number of hydrogen-bond acceptors (Lipinski definition) is 1. The Balaban J connectivity index is 2.94. The molecule has 0 saturated heterocycles. The van der Waals surface area contributed by atoms with Gasteiger partial charge in [0.2, 0.25) is 0 Å². The molecule has 1 aromatic rings. The molecule has 0 spiro atoms. The highest BCUT2D eigenvalue weighted by atomic mass is 79.9. The molecule has 0 fully saturated rings. The summed E-state index contributed by atoms with van der Waals surface area (Å²) in [5.41, 5.74) is 0.216. The van der Waals surface area contributed by atoms with Crippen LogP contribution in [0.25, 0.3) is 0 Å². The Morgan fingerprint density at radius 3 is 2.39 bits per heavy atom. The Hall–Kier alpha value is -0.250. The third-order valence-corrected chi connectivity index (χ3v) is 4.78. The lowest BCUT2D eigenvalue weighted by Crippen LogP contribution is -2.49. The van der Waals surface area contributed by atoms with E-state index in [4.69, 9.17) is 23.2 Å². The predicted octanol–water partition coefficient (Wildman–Crippen LogP) is 4.68. The number of amides is 1. The zero-order valence-electron chi connectivity index (χ0n) is 10.4. The van der Waals surface area contributed by atoms with E-state index in [1.807, 2.05) is 0 Å². The molecule has 0 radical (unpaired) electrons. The van der Waals surface area contributed by atoms with Crippen LogP contribution in [0, 0.1) is 0 Å². The Bertz CT molecular complexity index is 425. The van der Waals surface area contributed by atoms with Crippen molar-refractivity contribution in [1.29, 1.82) is 0 Å². The summed E-state index contributed by atoms with van der Waals surface area (Å²) in [4.78, 5) is 12.2. The summed E-state index contributed by atoms with van der Waals surface area (Å²) in [6.45, 7) is 4.10. The minimum absolute atomic E-state index is 0.167. The number of benzene rings is 1. The first-order chi connectivity index (χ1) is 8.48. The maximum atomic E-state index is 12.2. The Morgan fingerprint density at radius 2 is 1.94 bits per heavy atom. The number of carbonyl (C=O) groups is 1. The van der Waals surface area contributed by atoms with Crippen molar-refractivity contribution in [3.05, 3.63) is 33.8 Å². The van der Waals surface area contributed by atoms with Gasteiger partial charge < -0.3 is 5.32 Å². The van der Waals surface area contributed by atoms with Crippen molar-refractivity contribution >= 4 is 45.0 Å². The van der Waals surface area contributed by atoms with Crippen LogP contribution in [0.15, 0.2) is 18.2 Å². The molecular weight excluding hydrogens is 337 g/mol. The largest absolute Gasteiger partial charge is 0.346 e. The van der Waals surface area contributed by atoms with Crippen molar-refractivity contribution in [1.82, 2.24) is 5.32 Å². The number of carbonyl (C=O) groups excluding carboxylic acids is 1. The van der Waals surface area contributed by atoms with Gasteiger partial charge in [-0.3, -0.25) is 4.79 Å². The lowest BCUT2D eigenvalue weighted by atomic mass is 9.95. The summed E-state index contributed by atoms with van der Waals surface area (Å²) < 4.78 is 0. The van der Waals surface area contributed by atoms with E-state index >= 15 is 0 Å². The average molecular weight is 353 g/mol. The topological polar surface area (TPSA) is 29.1 Å². The maximum absolute atomic E-state index is 12.2. The number of halogens is 3. The van der Waals surface area contributed by atoms with Gasteiger partial charge in [-0.15, -0.1) is 0 Å². The Kier molecular flexibility index (Phi) is 5.96. The first-order valence-corrected chi connectivity index (χ1v) is 7.69. The highest BCUT2D eigenvalue weighted by Gasteiger charge is 2.27. The zero-order valence-corrected chi connectivity index (χ0v) is 13.5. The van der Waals surface area contributed by atoms with E-state index < -0.39 is 0 Å². The van der Waals surface area contributed by atoms with Gasteiger partial charge in [-0.25, -0.2) is 0 Å². The van der Waals surface area contributed by atoms with E-state index in [1.165, 1.54) is 0 Å². The molecule has 0 aromatic heterocycles. The molecule has 1 aromatic carbocycles. The minimum Gasteiger partial charge on any atom is -0.346 e. The second-order valence-corrected chi connectivity index (χ2v) is 5.60. The van der Waals surface area contributed by atoms with Crippen LogP contribution in [0.1, 0.15) is 37.0 Å². The predicted molar refractivity (Wildman–Crippen MR) is 81.0 cm³/mol. The molecule has 0 atom stereocenters. The van der Waals surface area contributed by atoms with Gasteiger partial charge >= 0.3 is 0 Å². The molecule has 0 aliphatic rings. The van der Waals surface area contributed by atoms with E-state index in [1.54, 1.807) is 18.2 Å². The van der Waals surface area contributed by atoms with Crippen molar-refractivity contribution in [2.45, 2.75) is 32.2 Å². The minimum atomic E-state index is -0.236. The summed E-state index contributed by atoms with van der Waals surface area (Å²) in [7, 11) is 0. The molecule has 2 nitrogen and oxygen atoms in total. The molecule has 1 amide bonds. The molecule has 0 aliphatic carbocycles. The highest BCUT2D eigenvalue weighted by molar-refractivity contribution is 9.09. The van der Waals surface area contributed by atoms with Gasteiger partial charge in [0.25, 0.3) is 5.91 Å². The third kappa shape index (κ3) is 3.62. The number of nitrogens with one attached hydrogen (secondary N) is 1. The van der Waals surface area contributed by atoms with Crippen molar-refractivity contribution in [3.8, 4) is 0 Å². The van der Waals surface area contributed by atoms with Crippen LogP contribution in [-0.4, -0.2) is 16.8 Å². The van der Waals surface area contributed by atoms with Crippen LogP contribution >= 0.6 is 39.1 Å². The summed E-state index contributed by atoms with van der Waals surface area (Å²) >= 11 is 15.3. The number of alkyl halides is 1. The number of hydrogen-bond donors (Lipinski definition) is 1. The van der Waals surface area contributed by atoms with Gasteiger partial charge in [0.15, 0.2) is 0 Å². The first kappa shape index (κ1) is 15.8. The fraction of sp³-hybridized carbons (Fsp3) is 0.462. The SMILES string of the molecule is CCC(CC)(CBr)NC(=O)c1ccc(Cl)cc1Cl. The summed E-state index contributed by atoms with van der Waals surface area (Å²) in [5, 5.41) is 4.65. The van der Waals surface area contributed by atoms with Gasteiger partial charge in [0, 0.05) is 15.9 Å². The van der Waals surface area contributed by atoms with Crippen LogP contribution in [0.5, 0.6) is 0 Å². The standard InChI is InChI=1S/C13H16BrCl2NO/c1-3-13(4-2,8-14)17-12(18)10-6-5-9(15)7-11(10)16/h5-7H,3-4,8H2,1-2H3,(H,17,18). The van der Waals surface area contributed by atoms with E-state index in [-0.39, 0.29) is 11.4 Å². The van der Waals surface area contributed by atoms with Crippen LogP contribution in [0.3, 0.4) is 0 Å². The molecule has 1 rings (SSSR count). The quantitative estimate of drug-likeness (QED) is 0.766. The van der Waals surface area contributed by atoms with E-state index in [0.717, 1.165) is 12.8 Å². The lowest BCUT2D eigenvalue weighted by molar-refractivity contribution is 0.0904. The van der Waals surface area contributed by atoms with E-state index in [2.05, 4.69) is 35.1 Å². The molecule has 0 unspecified atom stereocenters. The molecule has 18 heavy (non-hydrogen) atoms. The smallest absolute Gasteiger partial charge is 0.253 e. The summed E-state index contributed by atoms with van der Waals surface area (Å²) in [6.07, 6.45) is 1.71. The van der Waals surface area contributed by atoms with Crippen LogP contribution in [0.4, 0.5) is 0 Å². The van der Waals surface area contributed by atoms with Crippen LogP contribution in [0.2, 0.25) is 10.0 Å². The van der Waals surface area contributed by atoms with Gasteiger partial charge in [-0.05, 0) is 31.0 Å². The van der Waals surface area contributed by atoms with Crippen molar-refractivity contribution in [2.24, 2.45) is 0 Å². The molecule has 1 N–H and O–H groups in total. The van der Waals surface area contributed by atoms with Gasteiger partial charge in [0.1, 0.15) is 0 Å². The molecule has 0 heterocycles. The van der Waals surface area contributed by atoms with Crippen LogP contribution in [-0.2, 0) is 0 Å². The fourth-order valence-electron chi connectivity index (χ4n) is 1.63. The second-order valence-electron chi connectivity index (χ2n) is 4.20. The lowest BCUT2D eigenvalue weighted by Gasteiger charge is -2.31. The van der Waals surface area contributed by atoms with Crippen molar-refractivity contribution in [3.63, 3.8) is 0 Å². The molecular formula is C13H16BrCl2NO. The van der Waals surface area contributed by atoms with Gasteiger partial charge in [0.05, 0.1) is 10.6 Å². The number of rotatable bonds is 5. The fourth-order valence-corrected chi connectivity index (χ4v) is 3.06. The zero-order chi connectivity index (χ0) is 13.8. The average Bonchev–Trinajstić information content (AvgIpc) is 2.36. The monoisotopic (exact) mass is 351 g/mol. The van der Waals surface area contributed by atoms with E-state index in [9.17, 15) is 4.79 Å². The molecule has 0 saturated carbocycles. The van der Waals surface area contributed by atoms with Crippen molar-refractivity contribution in [2.75, 3.05) is 5.33 Å². The summed E-state index contributed by atoms with van der Waals surface area (Å²) in [6, 6.07) is 4.88. The molecule has 100 valence electrons. The van der Waals surface area contributed by atoms with Crippen molar-refractivity contribution < 1.29 is 4.79 Å². The summed E-state index contributed by atoms with van der Waals surface area (Å²) in [5.74, 6) is -0.167. The first-order valence-electron chi connectivity index (χ1n) is 5.81. The van der Waals surface area contributed by atoms with Crippen LogP contribution < -0.4 is 5.32 Å². The van der Waals surface area contributed by atoms with Gasteiger partial charge in [-0.2, -0.15) is 0 Å². The second kappa shape index (κ2) is 6.78.